The number of benzene rings is 2. The Kier molecular flexibility index (Phi) is 5.91. The van der Waals surface area contributed by atoms with E-state index >= 15 is 0 Å². The summed E-state index contributed by atoms with van der Waals surface area (Å²) in [6.45, 7) is 4.57. The van der Waals surface area contributed by atoms with Crippen LogP contribution in [0.3, 0.4) is 0 Å². The van der Waals surface area contributed by atoms with Crippen molar-refractivity contribution < 1.29 is 8.42 Å². The summed E-state index contributed by atoms with van der Waals surface area (Å²) in [6, 6.07) is 14.2. The number of aromatic nitrogens is 2. The number of rotatable bonds is 6. The van der Waals surface area contributed by atoms with Crippen molar-refractivity contribution in [2.24, 2.45) is 0 Å². The summed E-state index contributed by atoms with van der Waals surface area (Å²) in [5.74, 6) is 0. The van der Waals surface area contributed by atoms with Crippen LogP contribution in [-0.2, 0) is 23.1 Å². The van der Waals surface area contributed by atoms with Crippen molar-refractivity contribution in [1.29, 1.82) is 0 Å². The molecule has 0 fully saturated rings. The van der Waals surface area contributed by atoms with Crippen molar-refractivity contribution in [3.8, 4) is 0 Å². The maximum Gasteiger partial charge on any atom is 0.240 e. The highest BCUT2D eigenvalue weighted by Gasteiger charge is 2.18. The van der Waals surface area contributed by atoms with Gasteiger partial charge >= 0.3 is 0 Å². The molecule has 142 valence electrons. The van der Waals surface area contributed by atoms with Gasteiger partial charge in [0.15, 0.2) is 0 Å². The second-order valence-corrected chi connectivity index (χ2v) is 8.86. The molecule has 0 atom stereocenters. The van der Waals surface area contributed by atoms with Crippen LogP contribution in [0.4, 0.5) is 0 Å². The van der Waals surface area contributed by atoms with E-state index in [0.717, 1.165) is 22.5 Å². The summed E-state index contributed by atoms with van der Waals surface area (Å²) in [5.41, 5.74) is 3.69. The van der Waals surface area contributed by atoms with Crippen LogP contribution < -0.4 is 4.72 Å². The lowest BCUT2D eigenvalue weighted by molar-refractivity contribution is 0.581. The van der Waals surface area contributed by atoms with E-state index in [-0.39, 0.29) is 21.5 Å². The van der Waals surface area contributed by atoms with Gasteiger partial charge in [0.1, 0.15) is 0 Å². The van der Waals surface area contributed by atoms with Gasteiger partial charge in [0.25, 0.3) is 0 Å². The molecule has 1 aromatic heterocycles. The number of halogens is 2. The number of nitrogens with one attached hydrogen (secondary N) is 1. The summed E-state index contributed by atoms with van der Waals surface area (Å²) >= 11 is 11.8. The van der Waals surface area contributed by atoms with E-state index in [1.807, 2.05) is 48.9 Å². The fourth-order valence-electron chi connectivity index (χ4n) is 2.83. The van der Waals surface area contributed by atoms with Gasteiger partial charge in [-0.3, -0.25) is 4.68 Å². The monoisotopic (exact) mass is 423 g/mol. The molecule has 0 aliphatic rings. The Labute approximate surface area is 169 Å². The molecule has 0 amide bonds. The fraction of sp³-hybridized carbons (Fsp3) is 0.211. The maximum absolute atomic E-state index is 12.6. The van der Waals surface area contributed by atoms with Crippen molar-refractivity contribution in [2.75, 3.05) is 0 Å². The zero-order valence-corrected chi connectivity index (χ0v) is 17.2. The second-order valence-electron chi connectivity index (χ2n) is 6.22. The summed E-state index contributed by atoms with van der Waals surface area (Å²) < 4.78 is 29.6. The predicted octanol–water partition coefficient (Wildman–Crippen LogP) is 4.33. The van der Waals surface area contributed by atoms with Crippen LogP contribution in [0.25, 0.3) is 0 Å². The Morgan fingerprint density at radius 3 is 2.30 bits per heavy atom. The first kappa shape index (κ1) is 19.9. The van der Waals surface area contributed by atoms with Crippen LogP contribution in [0.5, 0.6) is 0 Å². The Morgan fingerprint density at radius 2 is 1.67 bits per heavy atom. The molecule has 8 heteroatoms. The fourth-order valence-corrected chi connectivity index (χ4v) is 4.56. The minimum absolute atomic E-state index is 0.0342. The van der Waals surface area contributed by atoms with Gasteiger partial charge in [-0.2, -0.15) is 5.10 Å². The Hall–Kier alpha value is -1.86. The van der Waals surface area contributed by atoms with Gasteiger partial charge in [0.05, 0.1) is 17.1 Å². The van der Waals surface area contributed by atoms with Gasteiger partial charge in [-0.1, -0.05) is 53.5 Å². The lowest BCUT2D eigenvalue weighted by Gasteiger charge is -2.09. The van der Waals surface area contributed by atoms with E-state index in [4.69, 9.17) is 23.2 Å². The summed E-state index contributed by atoms with van der Waals surface area (Å²) in [4.78, 5) is 0.0342. The molecule has 0 bridgehead atoms. The first-order valence-corrected chi connectivity index (χ1v) is 10.5. The highest BCUT2D eigenvalue weighted by Crippen LogP contribution is 2.23. The third-order valence-corrected chi connectivity index (χ3v) is 6.11. The molecule has 0 spiro atoms. The van der Waals surface area contributed by atoms with Gasteiger partial charge in [0.2, 0.25) is 10.0 Å². The summed E-state index contributed by atoms with van der Waals surface area (Å²) in [6.07, 6.45) is 0. The van der Waals surface area contributed by atoms with Crippen LogP contribution in [0.15, 0.2) is 53.4 Å². The molecular weight excluding hydrogens is 405 g/mol. The van der Waals surface area contributed by atoms with Crippen LogP contribution in [0.1, 0.15) is 22.5 Å². The smallest absolute Gasteiger partial charge is 0.240 e. The summed E-state index contributed by atoms with van der Waals surface area (Å²) in [5, 5.41) is 5.09. The lowest BCUT2D eigenvalue weighted by atomic mass is 10.2. The highest BCUT2D eigenvalue weighted by atomic mass is 35.5. The molecule has 0 radical (unpaired) electrons. The van der Waals surface area contributed by atoms with Gasteiger partial charge in [-0.15, -0.1) is 0 Å². The molecule has 0 saturated carbocycles. The Bertz CT molecular complexity index is 1040. The number of hydrogen-bond donors (Lipinski definition) is 1. The van der Waals surface area contributed by atoms with Crippen LogP contribution in [0, 0.1) is 13.8 Å². The third kappa shape index (κ3) is 4.71. The van der Waals surface area contributed by atoms with E-state index < -0.39 is 10.0 Å². The molecule has 3 rings (SSSR count). The normalized spacial score (nSPS) is 11.7. The molecular formula is C19H19Cl2N3O2S. The number of aryl methyl sites for hydroxylation is 1. The SMILES string of the molecule is Cc1nn(Cc2ccccc2)c(C)c1CNS(=O)(=O)c1cc(Cl)cc(Cl)c1. The van der Waals surface area contributed by atoms with E-state index in [1.165, 1.54) is 18.2 Å². The molecule has 3 aromatic rings. The van der Waals surface area contributed by atoms with Gasteiger partial charge in [0, 0.05) is 27.8 Å². The molecule has 0 unspecified atom stereocenters. The van der Waals surface area contributed by atoms with Crippen molar-refractivity contribution in [3.05, 3.63) is 81.1 Å². The van der Waals surface area contributed by atoms with Gasteiger partial charge in [-0.25, -0.2) is 13.1 Å². The average molecular weight is 424 g/mol. The van der Waals surface area contributed by atoms with E-state index in [9.17, 15) is 8.42 Å². The van der Waals surface area contributed by atoms with Crippen molar-refractivity contribution in [2.45, 2.75) is 31.8 Å². The molecule has 5 nitrogen and oxygen atoms in total. The second kappa shape index (κ2) is 8.02. The molecule has 27 heavy (non-hydrogen) atoms. The van der Waals surface area contributed by atoms with Gasteiger partial charge < -0.3 is 0 Å². The zero-order chi connectivity index (χ0) is 19.6. The molecule has 0 saturated heterocycles. The standard InChI is InChI=1S/C19H19Cl2N3O2S/c1-13-19(14(2)24(23-13)12-15-6-4-3-5-7-15)11-22-27(25,26)18-9-16(20)8-17(21)10-18/h3-10,22H,11-12H2,1-2H3. The quantitative estimate of drug-likeness (QED) is 0.641. The number of nitrogens with zero attached hydrogens (tertiary/aromatic N) is 2. The highest BCUT2D eigenvalue weighted by molar-refractivity contribution is 7.89. The molecule has 2 aromatic carbocycles. The van der Waals surface area contributed by atoms with Crippen LogP contribution >= 0.6 is 23.2 Å². The predicted molar refractivity (Wildman–Crippen MR) is 108 cm³/mol. The zero-order valence-electron chi connectivity index (χ0n) is 14.9. The largest absolute Gasteiger partial charge is 0.265 e. The van der Waals surface area contributed by atoms with Gasteiger partial charge in [-0.05, 0) is 37.6 Å². The number of hydrogen-bond acceptors (Lipinski definition) is 3. The Balaban J connectivity index is 1.80. The van der Waals surface area contributed by atoms with Crippen molar-refractivity contribution >= 4 is 33.2 Å². The third-order valence-electron chi connectivity index (χ3n) is 4.29. The molecule has 0 aliphatic heterocycles. The first-order valence-electron chi connectivity index (χ1n) is 8.29. The summed E-state index contributed by atoms with van der Waals surface area (Å²) in [7, 11) is -3.74. The molecule has 0 aliphatic carbocycles. The van der Waals surface area contributed by atoms with Crippen molar-refractivity contribution in [1.82, 2.24) is 14.5 Å². The topological polar surface area (TPSA) is 64.0 Å². The Morgan fingerprint density at radius 1 is 1.04 bits per heavy atom. The van der Waals surface area contributed by atoms with Crippen LogP contribution in [-0.4, -0.2) is 18.2 Å². The first-order chi connectivity index (χ1) is 12.8. The van der Waals surface area contributed by atoms with E-state index in [2.05, 4.69) is 9.82 Å². The van der Waals surface area contributed by atoms with E-state index in [1.54, 1.807) is 0 Å². The molecule has 1 N–H and O–H groups in total. The maximum atomic E-state index is 12.6. The number of sulfonamides is 1. The molecule has 1 heterocycles. The van der Waals surface area contributed by atoms with Crippen molar-refractivity contribution in [3.63, 3.8) is 0 Å². The van der Waals surface area contributed by atoms with Crippen LogP contribution in [0.2, 0.25) is 10.0 Å². The minimum atomic E-state index is -3.74. The lowest BCUT2D eigenvalue weighted by Crippen LogP contribution is -2.24. The van der Waals surface area contributed by atoms with E-state index in [0.29, 0.717) is 6.54 Å². The average Bonchev–Trinajstić information content (AvgIpc) is 2.86. The minimum Gasteiger partial charge on any atom is -0.265 e.